The maximum atomic E-state index is 11.3. The lowest BCUT2D eigenvalue weighted by Gasteiger charge is -2.43. The summed E-state index contributed by atoms with van der Waals surface area (Å²) in [5.41, 5.74) is 4.61. The highest BCUT2D eigenvalue weighted by Crippen LogP contribution is 2.47. The number of aromatic hydroxyl groups is 1. The summed E-state index contributed by atoms with van der Waals surface area (Å²) in [6.07, 6.45) is 3.22. The molecule has 0 radical (unpaired) electrons. The van der Waals surface area contributed by atoms with Crippen molar-refractivity contribution in [3.63, 3.8) is 0 Å². The van der Waals surface area contributed by atoms with Gasteiger partial charge in [0.1, 0.15) is 17.1 Å². The van der Waals surface area contributed by atoms with Crippen molar-refractivity contribution in [1.82, 2.24) is 0 Å². The summed E-state index contributed by atoms with van der Waals surface area (Å²) in [5.74, 6) is 1.10. The minimum absolute atomic E-state index is 0.297. The zero-order valence-electron chi connectivity index (χ0n) is 24.5. The van der Waals surface area contributed by atoms with Gasteiger partial charge in [-0.05, 0) is 52.2 Å². The summed E-state index contributed by atoms with van der Waals surface area (Å²) >= 11 is 0. The molecule has 6 heteroatoms. The van der Waals surface area contributed by atoms with Crippen LogP contribution in [0.25, 0.3) is 11.0 Å². The molecule has 2 rings (SSSR count). The first kappa shape index (κ1) is 30.0. The van der Waals surface area contributed by atoms with Crippen LogP contribution in [-0.4, -0.2) is 28.3 Å². The third kappa shape index (κ3) is 5.69. The largest absolute Gasteiger partial charge is 0.542 e. The highest BCUT2D eigenvalue weighted by atomic mass is 28.4. The molecule has 0 atom stereocenters. The first-order valence-corrected chi connectivity index (χ1v) is 18.1. The number of fused-ring (bicyclic) bond motifs is 1. The normalized spacial score (nSPS) is 13.5. The Hall–Kier alpha value is -1.25. The van der Waals surface area contributed by atoms with E-state index in [1.807, 2.05) is 12.1 Å². The summed E-state index contributed by atoms with van der Waals surface area (Å²) < 4.78 is 19.6. The number of hydrogen-bond donors (Lipinski definition) is 1. The minimum Gasteiger partial charge on any atom is -0.542 e. The molecule has 0 bridgehead atoms. The van der Waals surface area contributed by atoms with Gasteiger partial charge in [0.05, 0.1) is 11.6 Å². The zero-order chi connectivity index (χ0) is 26.7. The monoisotopic (exact) mass is 520 g/mol. The van der Waals surface area contributed by atoms with E-state index < -0.39 is 16.6 Å². The molecule has 4 nitrogen and oxygen atoms in total. The van der Waals surface area contributed by atoms with Crippen molar-refractivity contribution in [2.45, 2.75) is 129 Å². The molecule has 0 fully saturated rings. The number of benzene rings is 1. The number of hydrogen-bond acceptors (Lipinski definition) is 4. The fraction of sp³-hybridized carbons (Fsp3) is 0.724. The van der Waals surface area contributed by atoms with E-state index in [1.165, 1.54) is 0 Å². The first-order valence-electron chi connectivity index (χ1n) is 13.8. The molecule has 35 heavy (non-hydrogen) atoms. The van der Waals surface area contributed by atoms with Crippen molar-refractivity contribution in [1.29, 1.82) is 0 Å². The number of rotatable bonds is 13. The molecule has 0 aliphatic carbocycles. The van der Waals surface area contributed by atoms with Crippen molar-refractivity contribution >= 4 is 27.6 Å². The molecule has 200 valence electrons. The third-order valence-corrected chi connectivity index (χ3v) is 20.5. The summed E-state index contributed by atoms with van der Waals surface area (Å²) in [4.78, 5) is 0. The van der Waals surface area contributed by atoms with Gasteiger partial charge in [-0.3, -0.25) is 0 Å². The van der Waals surface area contributed by atoms with Crippen molar-refractivity contribution in [3.8, 4) is 11.5 Å². The van der Waals surface area contributed by atoms with Crippen LogP contribution in [0.5, 0.6) is 11.5 Å². The standard InChI is InChI=1S/C29H52O4Si2/c1-19(2)34(20(3)4,21(5)6)32-16-13-14-25-28(18-27-26(29(25)30)15-17-31-27)33-35(22(7)8,23(9)10)24(11)12/h15,17-24,30H,13-14,16H2,1-12H3. The van der Waals surface area contributed by atoms with Crippen LogP contribution in [0.15, 0.2) is 22.8 Å². The van der Waals surface area contributed by atoms with Crippen molar-refractivity contribution < 1.29 is 18.4 Å². The first-order chi connectivity index (χ1) is 16.2. The van der Waals surface area contributed by atoms with E-state index in [1.54, 1.807) is 6.26 Å². The Morgan fingerprint density at radius 2 is 1.26 bits per heavy atom. The second kappa shape index (κ2) is 11.9. The molecule has 0 aliphatic rings. The van der Waals surface area contributed by atoms with E-state index in [0.717, 1.165) is 29.5 Å². The molecular weight excluding hydrogens is 468 g/mol. The van der Waals surface area contributed by atoms with Gasteiger partial charge in [-0.15, -0.1) is 0 Å². The SMILES string of the molecule is CC(C)[Si](OCCCc1c(O[Si](C(C)C)(C(C)C)C(C)C)cc2occc2c1O)(C(C)C)C(C)C. The van der Waals surface area contributed by atoms with Crippen LogP contribution in [-0.2, 0) is 10.8 Å². The smallest absolute Gasteiger partial charge is 0.258 e. The summed E-state index contributed by atoms with van der Waals surface area (Å²) in [6.45, 7) is 28.4. The van der Waals surface area contributed by atoms with Gasteiger partial charge in [-0.1, -0.05) is 83.1 Å². The van der Waals surface area contributed by atoms with Crippen LogP contribution in [0.3, 0.4) is 0 Å². The number of phenolic OH excluding ortho intramolecular Hbond substituents is 1. The van der Waals surface area contributed by atoms with Gasteiger partial charge in [0, 0.05) is 18.2 Å². The van der Waals surface area contributed by atoms with Crippen molar-refractivity contribution in [2.75, 3.05) is 6.61 Å². The maximum absolute atomic E-state index is 11.3. The lowest BCUT2D eigenvalue weighted by Crippen LogP contribution is -2.50. The summed E-state index contributed by atoms with van der Waals surface area (Å²) in [7, 11) is -4.10. The van der Waals surface area contributed by atoms with E-state index in [9.17, 15) is 5.11 Å². The van der Waals surface area contributed by atoms with Crippen LogP contribution in [0.2, 0.25) is 33.2 Å². The molecule has 1 heterocycles. The predicted molar refractivity (Wildman–Crippen MR) is 155 cm³/mol. The molecule has 0 spiro atoms. The van der Waals surface area contributed by atoms with E-state index in [2.05, 4.69) is 83.1 Å². The van der Waals surface area contributed by atoms with Crippen LogP contribution in [0.4, 0.5) is 0 Å². The zero-order valence-corrected chi connectivity index (χ0v) is 26.5. The second-order valence-corrected chi connectivity index (χ2v) is 23.1. The van der Waals surface area contributed by atoms with Crippen molar-refractivity contribution in [3.05, 3.63) is 24.0 Å². The predicted octanol–water partition coefficient (Wildman–Crippen LogP) is 9.82. The van der Waals surface area contributed by atoms with E-state index in [-0.39, 0.29) is 0 Å². The lowest BCUT2D eigenvalue weighted by molar-refractivity contribution is 0.271. The Morgan fingerprint density at radius 1 is 0.771 bits per heavy atom. The molecule has 0 saturated heterocycles. The fourth-order valence-corrected chi connectivity index (χ4v) is 17.8. The molecule has 0 amide bonds. The van der Waals surface area contributed by atoms with Gasteiger partial charge in [0.15, 0.2) is 8.32 Å². The summed E-state index contributed by atoms with van der Waals surface area (Å²) in [5, 5.41) is 12.1. The Labute approximate surface area is 217 Å². The minimum atomic E-state index is -2.19. The van der Waals surface area contributed by atoms with Crippen LogP contribution < -0.4 is 4.43 Å². The van der Waals surface area contributed by atoms with E-state index >= 15 is 0 Å². The van der Waals surface area contributed by atoms with E-state index in [0.29, 0.717) is 51.2 Å². The van der Waals surface area contributed by atoms with Gasteiger partial charge in [0.2, 0.25) is 0 Å². The number of phenols is 1. The Morgan fingerprint density at radius 3 is 1.71 bits per heavy atom. The topological polar surface area (TPSA) is 51.8 Å². The average molecular weight is 521 g/mol. The van der Waals surface area contributed by atoms with Crippen LogP contribution >= 0.6 is 0 Å². The molecular formula is C29H52O4Si2. The average Bonchev–Trinajstić information content (AvgIpc) is 3.20. The Kier molecular flexibility index (Phi) is 10.2. The molecule has 1 aromatic heterocycles. The van der Waals surface area contributed by atoms with Gasteiger partial charge in [-0.2, -0.15) is 0 Å². The fourth-order valence-electron chi connectivity index (χ4n) is 6.99. The summed E-state index contributed by atoms with van der Waals surface area (Å²) in [6, 6.07) is 3.86. The van der Waals surface area contributed by atoms with Crippen molar-refractivity contribution in [2.24, 2.45) is 0 Å². The van der Waals surface area contributed by atoms with E-state index in [4.69, 9.17) is 13.3 Å². The highest BCUT2D eigenvalue weighted by molar-refractivity contribution is 6.78. The molecule has 0 aliphatic heterocycles. The quantitative estimate of drug-likeness (QED) is 0.211. The van der Waals surface area contributed by atoms with Gasteiger partial charge < -0.3 is 18.4 Å². The molecule has 0 saturated carbocycles. The maximum Gasteiger partial charge on any atom is 0.258 e. The second-order valence-electron chi connectivity index (χ2n) is 12.2. The third-order valence-electron chi connectivity index (χ3n) is 8.42. The highest BCUT2D eigenvalue weighted by Gasteiger charge is 2.48. The lowest BCUT2D eigenvalue weighted by atomic mass is 10.0. The van der Waals surface area contributed by atoms with Crippen LogP contribution in [0, 0.1) is 0 Å². The molecule has 2 aromatic rings. The molecule has 1 N–H and O–H groups in total. The molecule has 1 aromatic carbocycles. The molecule has 0 unspecified atom stereocenters. The Balaban J connectivity index is 2.41. The van der Waals surface area contributed by atoms with Crippen LogP contribution in [0.1, 0.15) is 95.1 Å². The van der Waals surface area contributed by atoms with Gasteiger partial charge in [-0.25, -0.2) is 0 Å². The van der Waals surface area contributed by atoms with Gasteiger partial charge in [0.25, 0.3) is 8.32 Å². The van der Waals surface area contributed by atoms with Gasteiger partial charge >= 0.3 is 0 Å². The number of furan rings is 1. The Bertz CT molecular complexity index is 900.